The molecule has 0 amide bonds. The van der Waals surface area contributed by atoms with E-state index >= 15 is 0 Å². The Kier molecular flexibility index (Phi) is 2.27. The van der Waals surface area contributed by atoms with E-state index in [9.17, 15) is 4.79 Å². The molecule has 0 aliphatic heterocycles. The Hall–Kier alpha value is -1.32. The van der Waals surface area contributed by atoms with Crippen LogP contribution in [0.2, 0.25) is 0 Å². The van der Waals surface area contributed by atoms with Crippen molar-refractivity contribution in [3.05, 3.63) is 17.0 Å². The highest BCUT2D eigenvalue weighted by atomic mass is 16.4. The molecule has 14 heavy (non-hydrogen) atoms. The third-order valence-electron chi connectivity index (χ3n) is 2.61. The summed E-state index contributed by atoms with van der Waals surface area (Å²) in [6.45, 7) is 2.73. The van der Waals surface area contributed by atoms with Crippen molar-refractivity contribution in [1.82, 2.24) is 9.78 Å². The van der Waals surface area contributed by atoms with Crippen LogP contribution in [0.4, 0.5) is 0 Å². The molecule has 2 rings (SSSR count). The van der Waals surface area contributed by atoms with Crippen molar-refractivity contribution in [2.75, 3.05) is 0 Å². The molecule has 76 valence electrons. The smallest absolute Gasteiger partial charge is 0.354 e. The minimum atomic E-state index is -0.839. The summed E-state index contributed by atoms with van der Waals surface area (Å²) in [6.07, 6.45) is 3.78. The summed E-state index contributed by atoms with van der Waals surface area (Å²) in [6, 6.07) is 0. The van der Waals surface area contributed by atoms with Crippen molar-refractivity contribution in [2.24, 2.45) is 0 Å². The molecular weight excluding hydrogens is 180 g/mol. The lowest BCUT2D eigenvalue weighted by atomic mass is 10.2. The van der Waals surface area contributed by atoms with Gasteiger partial charge in [0.15, 0.2) is 0 Å². The van der Waals surface area contributed by atoms with Crippen molar-refractivity contribution in [3.63, 3.8) is 0 Å². The molecule has 0 atom stereocenters. The van der Waals surface area contributed by atoms with Crippen LogP contribution in [0.5, 0.6) is 0 Å². The highest BCUT2D eigenvalue weighted by molar-refractivity contribution is 5.88. The van der Waals surface area contributed by atoms with E-state index in [1.807, 2.05) is 6.92 Å². The first kappa shape index (κ1) is 9.24. The fourth-order valence-electron chi connectivity index (χ4n) is 2.06. The van der Waals surface area contributed by atoms with E-state index in [2.05, 4.69) is 5.10 Å². The second kappa shape index (κ2) is 3.44. The van der Waals surface area contributed by atoms with Gasteiger partial charge in [-0.2, -0.15) is 5.10 Å². The molecule has 1 heterocycles. The largest absolute Gasteiger partial charge is 0.477 e. The first-order valence-electron chi connectivity index (χ1n) is 5.06. The topological polar surface area (TPSA) is 55.1 Å². The van der Waals surface area contributed by atoms with Crippen LogP contribution < -0.4 is 0 Å². The number of carboxylic acids is 1. The zero-order chi connectivity index (χ0) is 10.1. The number of aromatic carboxylic acids is 1. The third kappa shape index (κ3) is 1.31. The predicted octanol–water partition coefficient (Wildman–Crippen LogP) is 1.48. The highest BCUT2D eigenvalue weighted by Gasteiger charge is 2.25. The fraction of sp³-hybridized carbons (Fsp3) is 0.600. The highest BCUT2D eigenvalue weighted by Crippen LogP contribution is 2.24. The van der Waals surface area contributed by atoms with E-state index in [0.29, 0.717) is 12.2 Å². The minimum Gasteiger partial charge on any atom is -0.477 e. The van der Waals surface area contributed by atoms with E-state index in [1.165, 1.54) is 0 Å². The van der Waals surface area contributed by atoms with Crippen molar-refractivity contribution in [1.29, 1.82) is 0 Å². The van der Waals surface area contributed by atoms with Crippen LogP contribution in [0.15, 0.2) is 0 Å². The van der Waals surface area contributed by atoms with E-state index in [1.54, 1.807) is 4.68 Å². The number of nitrogens with zero attached hydrogens (tertiary/aromatic N) is 2. The summed E-state index contributed by atoms with van der Waals surface area (Å²) >= 11 is 0. The fourth-order valence-corrected chi connectivity index (χ4v) is 2.06. The normalized spacial score (nSPS) is 14.4. The molecule has 1 aliphatic carbocycles. The Bertz CT molecular complexity index is 368. The van der Waals surface area contributed by atoms with Gasteiger partial charge in [0.1, 0.15) is 5.69 Å². The lowest BCUT2D eigenvalue weighted by molar-refractivity contribution is 0.0682. The summed E-state index contributed by atoms with van der Waals surface area (Å²) in [5.74, 6) is -0.839. The van der Waals surface area contributed by atoms with Crippen molar-refractivity contribution < 1.29 is 9.90 Å². The van der Waals surface area contributed by atoms with Crippen molar-refractivity contribution in [3.8, 4) is 0 Å². The number of hydrogen-bond acceptors (Lipinski definition) is 2. The maximum atomic E-state index is 11.1. The van der Waals surface area contributed by atoms with Crippen LogP contribution in [0.25, 0.3) is 0 Å². The molecule has 0 saturated carbocycles. The average Bonchev–Trinajstić information content (AvgIpc) is 2.62. The van der Waals surface area contributed by atoms with E-state index in [-0.39, 0.29) is 0 Å². The monoisotopic (exact) mass is 194 g/mol. The third-order valence-corrected chi connectivity index (χ3v) is 2.61. The van der Waals surface area contributed by atoms with Crippen LogP contribution in [-0.4, -0.2) is 20.9 Å². The van der Waals surface area contributed by atoms with Gasteiger partial charge in [0, 0.05) is 12.1 Å². The number of aromatic nitrogens is 2. The number of carboxylic acid groups (broad SMARTS) is 1. The molecule has 0 bridgehead atoms. The quantitative estimate of drug-likeness (QED) is 0.792. The molecule has 0 saturated heterocycles. The summed E-state index contributed by atoms with van der Waals surface area (Å²) in [5.41, 5.74) is 2.38. The second-order valence-electron chi connectivity index (χ2n) is 3.66. The zero-order valence-electron chi connectivity index (χ0n) is 8.29. The molecule has 0 spiro atoms. The van der Waals surface area contributed by atoms with Gasteiger partial charge in [-0.05, 0) is 25.7 Å². The molecule has 1 aliphatic rings. The lowest BCUT2D eigenvalue weighted by Gasteiger charge is -2.03. The number of aryl methyl sites for hydroxylation is 2. The Morgan fingerprint density at radius 1 is 1.57 bits per heavy atom. The standard InChI is InChI=1S/C10H14N2O2/c1-2-6-12-9(10(13)14)7-4-3-5-8(7)11-12/h2-6H2,1H3,(H,13,14). The number of fused-ring (bicyclic) bond motifs is 1. The van der Waals surface area contributed by atoms with Crippen molar-refractivity contribution in [2.45, 2.75) is 39.2 Å². The molecule has 1 aromatic rings. The molecule has 0 unspecified atom stereocenters. The minimum absolute atomic E-state index is 0.416. The van der Waals surface area contributed by atoms with E-state index in [4.69, 9.17) is 5.11 Å². The summed E-state index contributed by atoms with van der Waals surface area (Å²) in [5, 5.41) is 13.4. The van der Waals surface area contributed by atoms with Crippen LogP contribution in [0.3, 0.4) is 0 Å². The summed E-state index contributed by atoms with van der Waals surface area (Å²) in [4.78, 5) is 11.1. The van der Waals surface area contributed by atoms with Gasteiger partial charge in [-0.15, -0.1) is 0 Å². The first-order valence-corrected chi connectivity index (χ1v) is 5.06. The van der Waals surface area contributed by atoms with Crippen LogP contribution in [-0.2, 0) is 19.4 Å². The summed E-state index contributed by atoms with van der Waals surface area (Å²) in [7, 11) is 0. The molecular formula is C10H14N2O2. The Balaban J connectivity index is 2.45. The molecule has 4 heteroatoms. The van der Waals surface area contributed by atoms with Crippen LogP contribution >= 0.6 is 0 Å². The zero-order valence-corrected chi connectivity index (χ0v) is 8.29. The number of hydrogen-bond donors (Lipinski definition) is 1. The number of carbonyl (C=O) groups is 1. The van der Waals surface area contributed by atoms with Crippen molar-refractivity contribution >= 4 is 5.97 Å². The van der Waals surface area contributed by atoms with Gasteiger partial charge < -0.3 is 5.11 Å². The second-order valence-corrected chi connectivity index (χ2v) is 3.66. The Morgan fingerprint density at radius 2 is 2.36 bits per heavy atom. The van der Waals surface area contributed by atoms with E-state index in [0.717, 1.165) is 36.9 Å². The predicted molar refractivity (Wildman–Crippen MR) is 51.5 cm³/mol. The van der Waals surface area contributed by atoms with Gasteiger partial charge in [-0.1, -0.05) is 6.92 Å². The van der Waals surface area contributed by atoms with E-state index < -0.39 is 5.97 Å². The molecule has 0 radical (unpaired) electrons. The van der Waals surface area contributed by atoms with Gasteiger partial charge in [0.05, 0.1) is 5.69 Å². The Labute approximate surface area is 82.5 Å². The molecule has 0 fully saturated rings. The Morgan fingerprint density at radius 3 is 3.00 bits per heavy atom. The van der Waals surface area contributed by atoms with Gasteiger partial charge in [0.2, 0.25) is 0 Å². The number of rotatable bonds is 3. The average molecular weight is 194 g/mol. The molecule has 1 N–H and O–H groups in total. The van der Waals surface area contributed by atoms with Gasteiger partial charge in [-0.25, -0.2) is 4.79 Å². The van der Waals surface area contributed by atoms with Crippen LogP contribution in [0, 0.1) is 0 Å². The lowest BCUT2D eigenvalue weighted by Crippen LogP contribution is -2.11. The first-order chi connectivity index (χ1) is 6.74. The van der Waals surface area contributed by atoms with Gasteiger partial charge >= 0.3 is 5.97 Å². The molecule has 4 nitrogen and oxygen atoms in total. The van der Waals surface area contributed by atoms with Gasteiger partial charge in [-0.3, -0.25) is 4.68 Å². The molecule has 0 aromatic carbocycles. The summed E-state index contributed by atoms with van der Waals surface area (Å²) < 4.78 is 1.64. The maximum Gasteiger partial charge on any atom is 0.354 e. The SMILES string of the molecule is CCCn1nc2c(c1C(=O)O)CCC2. The van der Waals surface area contributed by atoms with Gasteiger partial charge in [0.25, 0.3) is 0 Å². The molecule has 1 aromatic heterocycles. The maximum absolute atomic E-state index is 11.1. The van der Waals surface area contributed by atoms with Crippen LogP contribution in [0.1, 0.15) is 41.5 Å².